The number of anilines is 1. The molecule has 4 rings (SSSR count). The number of carbonyl (C=O) groups excluding carboxylic acids is 2. The predicted octanol–water partition coefficient (Wildman–Crippen LogP) is 3.43. The summed E-state index contributed by atoms with van der Waals surface area (Å²) < 4.78 is 5.05. The van der Waals surface area contributed by atoms with E-state index in [-0.39, 0.29) is 5.97 Å². The highest BCUT2D eigenvalue weighted by atomic mass is 32.1. The van der Waals surface area contributed by atoms with Gasteiger partial charge < -0.3 is 16.2 Å². The Labute approximate surface area is 147 Å². The Morgan fingerprint density at radius 1 is 1.00 bits per heavy atom. The van der Waals surface area contributed by atoms with Crippen LogP contribution >= 0.6 is 11.3 Å². The molecule has 0 atom stereocenters. The summed E-state index contributed by atoms with van der Waals surface area (Å²) in [6, 6.07) is 15.0. The van der Waals surface area contributed by atoms with Crippen LogP contribution in [-0.2, 0) is 11.3 Å². The first-order valence-corrected chi connectivity index (χ1v) is 8.44. The van der Waals surface area contributed by atoms with Gasteiger partial charge in [0.25, 0.3) is 5.91 Å². The topological polar surface area (TPSA) is 95.4 Å². The molecule has 1 aliphatic rings. The fourth-order valence-corrected chi connectivity index (χ4v) is 3.87. The van der Waals surface area contributed by atoms with Gasteiger partial charge in [-0.25, -0.2) is 4.79 Å². The van der Waals surface area contributed by atoms with Crippen LogP contribution in [0, 0.1) is 0 Å². The number of ether oxygens (including phenoxy) is 1. The molecule has 25 heavy (non-hydrogen) atoms. The van der Waals surface area contributed by atoms with Crippen LogP contribution in [0.25, 0.3) is 20.9 Å². The number of carbonyl (C=O) groups is 2. The van der Waals surface area contributed by atoms with Crippen molar-refractivity contribution < 1.29 is 14.3 Å². The largest absolute Gasteiger partial charge is 0.457 e. The van der Waals surface area contributed by atoms with Gasteiger partial charge in [-0.1, -0.05) is 12.1 Å². The van der Waals surface area contributed by atoms with Crippen LogP contribution in [0.15, 0.2) is 48.5 Å². The summed E-state index contributed by atoms with van der Waals surface area (Å²) in [5.74, 6) is -0.802. The van der Waals surface area contributed by atoms with E-state index in [1.165, 1.54) is 0 Å². The lowest BCUT2D eigenvalue weighted by Crippen LogP contribution is -2.13. The third-order valence-electron chi connectivity index (χ3n) is 4.18. The van der Waals surface area contributed by atoms with E-state index in [1.54, 1.807) is 29.5 Å². The van der Waals surface area contributed by atoms with Crippen LogP contribution < -0.4 is 11.5 Å². The molecule has 2 aromatic carbocycles. The first kappa shape index (κ1) is 15.4. The number of rotatable bonds is 3. The number of benzene rings is 2. The van der Waals surface area contributed by atoms with Crippen molar-refractivity contribution in [3.05, 3.63) is 65.2 Å². The van der Waals surface area contributed by atoms with E-state index in [2.05, 4.69) is 0 Å². The number of primary amides is 1. The second-order valence-electron chi connectivity index (χ2n) is 5.78. The maximum atomic E-state index is 11.5. The lowest BCUT2D eigenvalue weighted by molar-refractivity contribution is 0.0535. The molecule has 1 amide bonds. The van der Waals surface area contributed by atoms with Crippen molar-refractivity contribution in [2.45, 2.75) is 6.61 Å². The fraction of sp³-hybridized carbons (Fsp3) is 0.0526. The summed E-state index contributed by atoms with van der Waals surface area (Å²) in [4.78, 5) is 24.9. The molecule has 0 unspecified atom stereocenters. The van der Waals surface area contributed by atoms with Gasteiger partial charge in [0.2, 0.25) is 0 Å². The normalized spacial score (nSPS) is 12.7. The van der Waals surface area contributed by atoms with Gasteiger partial charge in [-0.15, -0.1) is 11.3 Å². The Kier molecular flexibility index (Phi) is 3.54. The van der Waals surface area contributed by atoms with Crippen LogP contribution in [0.3, 0.4) is 0 Å². The maximum absolute atomic E-state index is 11.5. The van der Waals surface area contributed by atoms with Gasteiger partial charge in [0, 0.05) is 21.0 Å². The number of hydrogen-bond donors (Lipinski definition) is 2. The van der Waals surface area contributed by atoms with E-state index in [9.17, 15) is 9.59 Å². The van der Waals surface area contributed by atoms with E-state index < -0.39 is 5.91 Å². The highest BCUT2D eigenvalue weighted by molar-refractivity contribution is 7.18. The summed E-state index contributed by atoms with van der Waals surface area (Å²) in [5.41, 5.74) is 15.4. The van der Waals surface area contributed by atoms with Crippen LogP contribution in [0.2, 0.25) is 0 Å². The highest BCUT2D eigenvalue weighted by Crippen LogP contribution is 2.37. The van der Waals surface area contributed by atoms with Crippen molar-refractivity contribution in [2.24, 2.45) is 5.73 Å². The van der Waals surface area contributed by atoms with Crippen LogP contribution in [0.1, 0.15) is 26.3 Å². The number of hydrogen-bond acceptors (Lipinski definition) is 5. The van der Waals surface area contributed by atoms with Crippen molar-refractivity contribution in [3.8, 4) is 20.9 Å². The number of fused-ring (bicyclic) bond motifs is 1. The Hall–Kier alpha value is -3.12. The van der Waals surface area contributed by atoms with Crippen LogP contribution in [-0.4, -0.2) is 11.9 Å². The van der Waals surface area contributed by atoms with Gasteiger partial charge >= 0.3 is 5.97 Å². The standard InChI is InChI=1S/C19H14N2O3S/c20-15-8-11(2-4-14(15)18(21)22)17-6-5-16(25-17)10-1-3-13-12(7-10)9-24-19(13)23/h1-8H,9,20H2,(H2,21,22). The van der Waals surface area contributed by atoms with E-state index >= 15 is 0 Å². The van der Waals surface area contributed by atoms with Crippen LogP contribution in [0.4, 0.5) is 5.69 Å². The number of cyclic esters (lactones) is 1. The van der Waals surface area contributed by atoms with Gasteiger partial charge in [0.15, 0.2) is 0 Å². The van der Waals surface area contributed by atoms with Crippen LogP contribution in [0.5, 0.6) is 0 Å². The third kappa shape index (κ3) is 2.66. The average molecular weight is 350 g/mol. The summed E-state index contributed by atoms with van der Waals surface area (Å²) in [6.07, 6.45) is 0. The van der Waals surface area contributed by atoms with E-state index in [4.69, 9.17) is 16.2 Å². The molecule has 0 radical (unpaired) electrons. The molecule has 4 N–H and O–H groups in total. The van der Waals surface area contributed by atoms with Gasteiger partial charge in [0.1, 0.15) is 6.61 Å². The molecule has 0 saturated carbocycles. The molecule has 124 valence electrons. The Balaban J connectivity index is 1.68. The number of thiophene rings is 1. The Bertz CT molecular complexity index is 1020. The van der Waals surface area contributed by atoms with E-state index in [0.717, 1.165) is 26.4 Å². The molecule has 0 fully saturated rings. The van der Waals surface area contributed by atoms with Crippen molar-refractivity contribution in [2.75, 3.05) is 5.73 Å². The van der Waals surface area contributed by atoms with Gasteiger partial charge in [-0.3, -0.25) is 4.79 Å². The first-order chi connectivity index (χ1) is 12.0. The monoisotopic (exact) mass is 350 g/mol. The number of nitrogens with two attached hydrogens (primary N) is 2. The Morgan fingerprint density at radius 3 is 2.36 bits per heavy atom. The van der Waals surface area contributed by atoms with E-state index in [0.29, 0.717) is 23.4 Å². The minimum absolute atomic E-state index is 0.265. The van der Waals surface area contributed by atoms with Crippen molar-refractivity contribution in [3.63, 3.8) is 0 Å². The molecule has 1 aromatic heterocycles. The molecular formula is C19H14N2O3S. The fourth-order valence-electron chi connectivity index (χ4n) is 2.88. The zero-order valence-corrected chi connectivity index (χ0v) is 13.9. The summed E-state index contributed by atoms with van der Waals surface area (Å²) in [5, 5.41) is 0. The molecule has 0 bridgehead atoms. The Morgan fingerprint density at radius 2 is 1.68 bits per heavy atom. The number of amides is 1. The quantitative estimate of drug-likeness (QED) is 0.559. The maximum Gasteiger partial charge on any atom is 0.338 e. The van der Waals surface area contributed by atoms with Gasteiger partial charge in [0.05, 0.1) is 11.1 Å². The SMILES string of the molecule is NC(=O)c1ccc(-c2ccc(-c3ccc4c(c3)COC4=O)s2)cc1N. The lowest BCUT2D eigenvalue weighted by Gasteiger charge is -2.04. The minimum Gasteiger partial charge on any atom is -0.457 e. The average Bonchev–Trinajstić information content (AvgIpc) is 3.22. The molecule has 0 spiro atoms. The molecule has 0 saturated heterocycles. The zero-order chi connectivity index (χ0) is 17.6. The molecule has 6 heteroatoms. The molecule has 3 aromatic rings. The summed E-state index contributed by atoms with van der Waals surface area (Å²) >= 11 is 1.61. The molecule has 2 heterocycles. The highest BCUT2D eigenvalue weighted by Gasteiger charge is 2.21. The number of esters is 1. The third-order valence-corrected chi connectivity index (χ3v) is 5.36. The molecule has 5 nitrogen and oxygen atoms in total. The smallest absolute Gasteiger partial charge is 0.338 e. The molecular weight excluding hydrogens is 336 g/mol. The summed E-state index contributed by atoms with van der Waals surface area (Å²) in [7, 11) is 0. The number of nitrogen functional groups attached to an aromatic ring is 1. The molecule has 0 aliphatic carbocycles. The van der Waals surface area contributed by atoms with Crippen molar-refractivity contribution in [1.82, 2.24) is 0 Å². The first-order valence-electron chi connectivity index (χ1n) is 7.63. The minimum atomic E-state index is -0.536. The zero-order valence-electron chi connectivity index (χ0n) is 13.1. The van der Waals surface area contributed by atoms with Gasteiger partial charge in [-0.05, 0) is 47.5 Å². The summed E-state index contributed by atoms with van der Waals surface area (Å²) in [6.45, 7) is 0.325. The lowest BCUT2D eigenvalue weighted by atomic mass is 10.1. The predicted molar refractivity (Wildman–Crippen MR) is 97.2 cm³/mol. The van der Waals surface area contributed by atoms with Crippen molar-refractivity contribution >= 4 is 28.9 Å². The van der Waals surface area contributed by atoms with Crippen molar-refractivity contribution in [1.29, 1.82) is 0 Å². The van der Waals surface area contributed by atoms with E-state index in [1.807, 2.05) is 30.3 Å². The second-order valence-corrected chi connectivity index (χ2v) is 6.86. The second kappa shape index (κ2) is 5.75. The molecule has 1 aliphatic heterocycles. The van der Waals surface area contributed by atoms with Gasteiger partial charge in [-0.2, -0.15) is 0 Å².